The van der Waals surface area contributed by atoms with Crippen molar-refractivity contribution in [2.45, 2.75) is 33.2 Å². The Morgan fingerprint density at radius 1 is 1.14 bits per heavy atom. The van der Waals surface area contributed by atoms with Crippen molar-refractivity contribution in [1.29, 1.82) is 0 Å². The van der Waals surface area contributed by atoms with Gasteiger partial charge in [0.15, 0.2) is 5.78 Å². The molecule has 2 unspecified atom stereocenters. The lowest BCUT2D eigenvalue weighted by atomic mass is 9.77. The maximum absolute atomic E-state index is 13.2. The number of benzene rings is 1. The summed E-state index contributed by atoms with van der Waals surface area (Å²) in [6, 6.07) is 10.3. The fourth-order valence-corrected chi connectivity index (χ4v) is 3.75. The molecule has 2 aromatic rings. The van der Waals surface area contributed by atoms with Gasteiger partial charge >= 0.3 is 0 Å². The summed E-state index contributed by atoms with van der Waals surface area (Å²) in [5, 5.41) is 0. The van der Waals surface area contributed by atoms with Crippen LogP contribution in [0.2, 0.25) is 0 Å². The van der Waals surface area contributed by atoms with Crippen molar-refractivity contribution in [1.82, 2.24) is 9.88 Å². The van der Waals surface area contributed by atoms with E-state index in [1.165, 1.54) is 12.0 Å². The smallest absolute Gasteiger partial charge is 0.291 e. The van der Waals surface area contributed by atoms with E-state index in [1.807, 2.05) is 30.3 Å². The number of carbonyl (C=O) groups excluding carboxylic acids is 3. The molecule has 0 saturated carbocycles. The average Bonchev–Trinajstić information content (AvgIpc) is 2.96. The first-order valence-electron chi connectivity index (χ1n) is 9.66. The van der Waals surface area contributed by atoms with E-state index < -0.39 is 29.1 Å². The number of Topliss-reactive ketones (excluding diaryl/α,β-unsaturated/α-hetero) is 2. The highest BCUT2D eigenvalue weighted by molar-refractivity contribution is 6.43. The van der Waals surface area contributed by atoms with Gasteiger partial charge in [-0.2, -0.15) is 0 Å². The molecule has 0 spiro atoms. The van der Waals surface area contributed by atoms with Gasteiger partial charge in [0, 0.05) is 29.9 Å². The Kier molecular flexibility index (Phi) is 5.82. The Morgan fingerprint density at radius 3 is 2.48 bits per heavy atom. The lowest BCUT2D eigenvalue weighted by Gasteiger charge is -2.30. The average molecular weight is 394 g/mol. The van der Waals surface area contributed by atoms with E-state index in [1.54, 1.807) is 39.2 Å². The van der Waals surface area contributed by atoms with Gasteiger partial charge in [-0.05, 0) is 24.1 Å². The van der Waals surface area contributed by atoms with Crippen molar-refractivity contribution in [2.24, 2.45) is 11.3 Å². The Morgan fingerprint density at radius 2 is 1.86 bits per heavy atom. The number of likely N-dealkylation sites (tertiary alicyclic amines) is 1. The van der Waals surface area contributed by atoms with E-state index in [2.05, 4.69) is 4.98 Å². The van der Waals surface area contributed by atoms with E-state index >= 15 is 0 Å². The summed E-state index contributed by atoms with van der Waals surface area (Å²) in [7, 11) is 1.54. The molecule has 1 amide bonds. The summed E-state index contributed by atoms with van der Waals surface area (Å²) >= 11 is 0. The number of ketones is 2. The standard InChI is InChI=1S/C23H26N2O4/c1-23(2,3)21(27)18-19(16-9-5-6-10-17(16)29-4)25(22(28)20(18)26)13-11-15-8-7-12-24-14-15/h5-10,12,14,18-19H,11,13H2,1-4H3. The van der Waals surface area contributed by atoms with Crippen LogP contribution in [0, 0.1) is 11.3 Å². The zero-order chi connectivity index (χ0) is 21.2. The van der Waals surface area contributed by atoms with E-state index in [-0.39, 0.29) is 5.78 Å². The Bertz CT molecular complexity index is 918. The molecule has 1 aliphatic rings. The number of para-hydroxylation sites is 1. The topological polar surface area (TPSA) is 76.6 Å². The Balaban J connectivity index is 2.04. The van der Waals surface area contributed by atoms with Crippen LogP contribution < -0.4 is 4.74 Å². The monoisotopic (exact) mass is 394 g/mol. The fraction of sp³-hybridized carbons (Fsp3) is 0.391. The second kappa shape index (κ2) is 8.15. The van der Waals surface area contributed by atoms with Crippen LogP contribution in [0.25, 0.3) is 0 Å². The van der Waals surface area contributed by atoms with Gasteiger partial charge in [-0.25, -0.2) is 0 Å². The van der Waals surface area contributed by atoms with Gasteiger partial charge in [0.05, 0.1) is 13.2 Å². The van der Waals surface area contributed by atoms with Crippen LogP contribution in [-0.2, 0) is 20.8 Å². The quantitative estimate of drug-likeness (QED) is 0.556. The number of pyridine rings is 1. The van der Waals surface area contributed by atoms with Crippen LogP contribution >= 0.6 is 0 Å². The van der Waals surface area contributed by atoms with Crippen molar-refractivity contribution in [3.63, 3.8) is 0 Å². The summed E-state index contributed by atoms with van der Waals surface area (Å²) in [6.07, 6.45) is 3.96. The first-order chi connectivity index (χ1) is 13.8. The third-order valence-electron chi connectivity index (χ3n) is 5.25. The van der Waals surface area contributed by atoms with Crippen LogP contribution in [0.15, 0.2) is 48.8 Å². The minimum atomic E-state index is -1.05. The second-order valence-electron chi connectivity index (χ2n) is 8.25. The summed E-state index contributed by atoms with van der Waals surface area (Å²) in [5.41, 5.74) is 0.875. The summed E-state index contributed by atoms with van der Waals surface area (Å²) in [6.45, 7) is 5.62. The largest absolute Gasteiger partial charge is 0.496 e. The van der Waals surface area contributed by atoms with Crippen molar-refractivity contribution in [2.75, 3.05) is 13.7 Å². The molecular weight excluding hydrogens is 368 g/mol. The lowest BCUT2D eigenvalue weighted by molar-refractivity contribution is -0.143. The van der Waals surface area contributed by atoms with Crippen molar-refractivity contribution >= 4 is 17.5 Å². The van der Waals surface area contributed by atoms with Gasteiger partial charge in [0.2, 0.25) is 5.78 Å². The molecule has 1 saturated heterocycles. The normalized spacial score (nSPS) is 19.5. The first-order valence-corrected chi connectivity index (χ1v) is 9.66. The molecule has 1 aliphatic heterocycles. The number of hydrogen-bond donors (Lipinski definition) is 0. The van der Waals surface area contributed by atoms with Crippen molar-refractivity contribution in [3.8, 4) is 5.75 Å². The van der Waals surface area contributed by atoms with E-state index in [0.717, 1.165) is 5.56 Å². The van der Waals surface area contributed by atoms with Crippen LogP contribution in [-0.4, -0.2) is 41.0 Å². The summed E-state index contributed by atoms with van der Waals surface area (Å²) in [4.78, 5) is 44.6. The van der Waals surface area contributed by atoms with Gasteiger partial charge in [0.25, 0.3) is 5.91 Å². The molecule has 29 heavy (non-hydrogen) atoms. The van der Waals surface area contributed by atoms with Crippen molar-refractivity contribution in [3.05, 3.63) is 59.9 Å². The zero-order valence-electron chi connectivity index (χ0n) is 17.2. The second-order valence-corrected chi connectivity index (χ2v) is 8.25. The third-order valence-corrected chi connectivity index (χ3v) is 5.25. The Hall–Kier alpha value is -3.02. The van der Waals surface area contributed by atoms with E-state index in [9.17, 15) is 14.4 Å². The zero-order valence-corrected chi connectivity index (χ0v) is 17.2. The molecule has 152 valence electrons. The number of rotatable bonds is 6. The van der Waals surface area contributed by atoms with E-state index in [4.69, 9.17) is 4.74 Å². The van der Waals surface area contributed by atoms with Gasteiger partial charge in [-0.15, -0.1) is 0 Å². The molecule has 1 aromatic carbocycles. The molecule has 0 aliphatic carbocycles. The minimum absolute atomic E-state index is 0.240. The SMILES string of the molecule is COc1ccccc1C1C(C(=O)C(C)(C)C)C(=O)C(=O)N1CCc1cccnc1. The number of ether oxygens (including phenoxy) is 1. The number of hydrogen-bond acceptors (Lipinski definition) is 5. The highest BCUT2D eigenvalue weighted by atomic mass is 16.5. The molecule has 0 radical (unpaired) electrons. The molecule has 3 rings (SSSR count). The van der Waals surface area contributed by atoms with Gasteiger partial charge < -0.3 is 9.64 Å². The first kappa shape index (κ1) is 20.7. The molecule has 0 N–H and O–H groups in total. The highest BCUT2D eigenvalue weighted by Gasteiger charge is 2.53. The third kappa shape index (κ3) is 4.06. The molecule has 0 bridgehead atoms. The number of carbonyl (C=O) groups is 3. The van der Waals surface area contributed by atoms with Gasteiger partial charge in [-0.1, -0.05) is 45.0 Å². The minimum Gasteiger partial charge on any atom is -0.496 e. The maximum atomic E-state index is 13.2. The number of amides is 1. The molecule has 1 fully saturated rings. The van der Waals surface area contributed by atoms with Crippen LogP contribution in [0.3, 0.4) is 0 Å². The number of methoxy groups -OCH3 is 1. The fourth-order valence-electron chi connectivity index (χ4n) is 3.75. The lowest BCUT2D eigenvalue weighted by Crippen LogP contribution is -2.36. The number of aromatic nitrogens is 1. The van der Waals surface area contributed by atoms with Crippen LogP contribution in [0.5, 0.6) is 5.75 Å². The van der Waals surface area contributed by atoms with Gasteiger partial charge in [0.1, 0.15) is 11.7 Å². The summed E-state index contributed by atoms with van der Waals surface area (Å²) < 4.78 is 5.48. The highest BCUT2D eigenvalue weighted by Crippen LogP contribution is 2.43. The molecule has 2 heterocycles. The maximum Gasteiger partial charge on any atom is 0.291 e. The predicted octanol–water partition coefficient (Wildman–Crippen LogP) is 3.02. The predicted molar refractivity (Wildman–Crippen MR) is 108 cm³/mol. The molecule has 6 nitrogen and oxygen atoms in total. The molecular formula is C23H26N2O4. The van der Waals surface area contributed by atoms with Crippen molar-refractivity contribution < 1.29 is 19.1 Å². The Labute approximate surface area is 170 Å². The molecule has 2 atom stereocenters. The van der Waals surface area contributed by atoms with E-state index in [0.29, 0.717) is 24.3 Å². The van der Waals surface area contributed by atoms with Gasteiger partial charge in [-0.3, -0.25) is 19.4 Å². The van der Waals surface area contributed by atoms with Crippen LogP contribution in [0.4, 0.5) is 0 Å². The molecule has 6 heteroatoms. The summed E-state index contributed by atoms with van der Waals surface area (Å²) in [5.74, 6) is -2.00. The van der Waals surface area contributed by atoms with Crippen LogP contribution in [0.1, 0.15) is 37.9 Å². The number of nitrogens with zero attached hydrogens (tertiary/aromatic N) is 2. The molecule has 1 aromatic heterocycles.